The van der Waals surface area contributed by atoms with Crippen LogP contribution in [0.5, 0.6) is 0 Å². The quantitative estimate of drug-likeness (QED) is 0.769. The van der Waals surface area contributed by atoms with E-state index in [1.54, 1.807) is 18.5 Å². The molecule has 0 fully saturated rings. The van der Waals surface area contributed by atoms with Gasteiger partial charge < -0.3 is 16.4 Å². The molecule has 3 rings (SSSR count). The van der Waals surface area contributed by atoms with Gasteiger partial charge in [-0.2, -0.15) is 0 Å². The van der Waals surface area contributed by atoms with Gasteiger partial charge in [0.15, 0.2) is 5.78 Å². The summed E-state index contributed by atoms with van der Waals surface area (Å²) in [4.78, 5) is 24.4. The number of pyridine rings is 1. The fourth-order valence-corrected chi connectivity index (χ4v) is 2.57. The first-order chi connectivity index (χ1) is 12.1. The van der Waals surface area contributed by atoms with E-state index in [9.17, 15) is 4.79 Å². The first-order valence-corrected chi connectivity index (χ1v) is 8.06. The predicted octanol–water partition coefficient (Wildman–Crippen LogP) is 2.27. The van der Waals surface area contributed by atoms with E-state index in [0.29, 0.717) is 23.8 Å². The van der Waals surface area contributed by atoms with E-state index in [0.717, 1.165) is 16.8 Å². The highest BCUT2D eigenvalue weighted by Crippen LogP contribution is 2.27. The maximum atomic E-state index is 11.9. The summed E-state index contributed by atoms with van der Waals surface area (Å²) in [5, 5.41) is 6.42. The second-order valence-electron chi connectivity index (χ2n) is 5.72. The molecule has 0 aliphatic carbocycles. The molecule has 0 bridgehead atoms. The molecule has 3 heterocycles. The number of allylic oxidation sites excluding steroid dienone is 1. The lowest BCUT2D eigenvalue weighted by molar-refractivity contribution is -0.119. The summed E-state index contributed by atoms with van der Waals surface area (Å²) in [5.41, 5.74) is 9.08. The van der Waals surface area contributed by atoms with Gasteiger partial charge in [-0.25, -0.2) is 15.0 Å². The van der Waals surface area contributed by atoms with Crippen molar-refractivity contribution in [3.05, 3.63) is 54.3 Å². The number of rotatable bonds is 5. The largest absolute Gasteiger partial charge is 0.384 e. The van der Waals surface area contributed by atoms with Crippen LogP contribution in [-0.4, -0.2) is 26.8 Å². The number of dihydropyridines is 1. The predicted molar refractivity (Wildman–Crippen MR) is 97.4 cm³/mol. The molecule has 0 radical (unpaired) electrons. The monoisotopic (exact) mass is 336 g/mol. The molecule has 2 aromatic heterocycles. The van der Waals surface area contributed by atoms with Gasteiger partial charge in [-0.3, -0.25) is 4.79 Å². The standard InChI is InChI=1S/C18H20N6O/c1-3-16(25)14-7-11(2)15(9-21-14)24-18-12(5-4-6-20-18)13-8-17(19)23-10-22-13/h4-10,14,21H,3H2,1-2H3,(H,20,24)(H2,19,22,23). The third kappa shape index (κ3) is 3.65. The van der Waals surface area contributed by atoms with Crippen LogP contribution in [-0.2, 0) is 4.79 Å². The summed E-state index contributed by atoms with van der Waals surface area (Å²) in [6.45, 7) is 3.82. The van der Waals surface area contributed by atoms with Crippen LogP contribution in [0, 0.1) is 0 Å². The zero-order valence-corrected chi connectivity index (χ0v) is 14.2. The molecule has 25 heavy (non-hydrogen) atoms. The number of Topliss-reactive ketones (excluding diaryl/α,β-unsaturated/α-hetero) is 1. The highest BCUT2D eigenvalue weighted by molar-refractivity contribution is 5.86. The van der Waals surface area contributed by atoms with Gasteiger partial charge in [0.25, 0.3) is 0 Å². The normalized spacial score (nSPS) is 16.5. The minimum Gasteiger partial charge on any atom is -0.384 e. The molecule has 1 aliphatic rings. The number of hydrogen-bond donors (Lipinski definition) is 3. The number of hydrogen-bond acceptors (Lipinski definition) is 7. The van der Waals surface area contributed by atoms with Gasteiger partial charge in [0.2, 0.25) is 0 Å². The van der Waals surface area contributed by atoms with Gasteiger partial charge in [0, 0.05) is 30.4 Å². The minimum atomic E-state index is -0.277. The number of anilines is 2. The molecule has 1 aliphatic heterocycles. The van der Waals surface area contributed by atoms with Crippen LogP contribution >= 0.6 is 0 Å². The van der Waals surface area contributed by atoms with Crippen LogP contribution in [0.15, 0.2) is 54.3 Å². The maximum Gasteiger partial charge on any atom is 0.158 e. The third-order valence-electron chi connectivity index (χ3n) is 3.97. The average Bonchev–Trinajstić information content (AvgIpc) is 2.63. The van der Waals surface area contributed by atoms with Crippen LogP contribution in [0.25, 0.3) is 11.3 Å². The highest BCUT2D eigenvalue weighted by Gasteiger charge is 2.19. The Morgan fingerprint density at radius 3 is 2.92 bits per heavy atom. The Morgan fingerprint density at radius 2 is 2.20 bits per heavy atom. The summed E-state index contributed by atoms with van der Waals surface area (Å²) >= 11 is 0. The van der Waals surface area contributed by atoms with E-state index in [-0.39, 0.29) is 11.8 Å². The molecular weight excluding hydrogens is 316 g/mol. The SMILES string of the molecule is CCC(=O)C1C=C(C)C(Nc2ncccc2-c2cc(N)ncn2)=CN1. The Morgan fingerprint density at radius 1 is 1.36 bits per heavy atom. The number of carbonyl (C=O) groups excluding carboxylic acids is 1. The molecule has 4 N–H and O–H groups in total. The number of aromatic nitrogens is 3. The highest BCUT2D eigenvalue weighted by atomic mass is 16.1. The molecule has 7 heteroatoms. The zero-order valence-electron chi connectivity index (χ0n) is 14.2. The van der Waals surface area contributed by atoms with Gasteiger partial charge in [-0.05, 0) is 30.7 Å². The van der Waals surface area contributed by atoms with E-state index in [2.05, 4.69) is 25.6 Å². The van der Waals surface area contributed by atoms with Crippen LogP contribution in [0.1, 0.15) is 20.3 Å². The lowest BCUT2D eigenvalue weighted by Crippen LogP contribution is -2.34. The zero-order chi connectivity index (χ0) is 17.8. The fraction of sp³-hybridized carbons (Fsp3) is 0.222. The van der Waals surface area contributed by atoms with Gasteiger partial charge in [-0.1, -0.05) is 6.92 Å². The number of carbonyl (C=O) groups is 1. The van der Waals surface area contributed by atoms with Crippen molar-refractivity contribution < 1.29 is 4.79 Å². The van der Waals surface area contributed by atoms with Gasteiger partial charge in [0.05, 0.1) is 11.4 Å². The summed E-state index contributed by atoms with van der Waals surface area (Å²) in [5.74, 6) is 1.21. The number of ketones is 1. The smallest absolute Gasteiger partial charge is 0.158 e. The Labute approximate surface area is 146 Å². The molecule has 1 unspecified atom stereocenters. The first kappa shape index (κ1) is 16.6. The van der Waals surface area contributed by atoms with E-state index < -0.39 is 0 Å². The second kappa shape index (κ2) is 7.12. The van der Waals surface area contributed by atoms with Crippen molar-refractivity contribution in [1.82, 2.24) is 20.3 Å². The molecule has 0 saturated heterocycles. The summed E-state index contributed by atoms with van der Waals surface area (Å²) in [6.07, 6.45) is 7.35. The van der Waals surface area contributed by atoms with Gasteiger partial charge in [-0.15, -0.1) is 0 Å². The Kier molecular flexibility index (Phi) is 4.74. The molecule has 7 nitrogen and oxygen atoms in total. The lowest BCUT2D eigenvalue weighted by Gasteiger charge is -2.22. The average molecular weight is 336 g/mol. The lowest BCUT2D eigenvalue weighted by atomic mass is 10.0. The van der Waals surface area contributed by atoms with Gasteiger partial charge in [0.1, 0.15) is 24.0 Å². The van der Waals surface area contributed by atoms with Gasteiger partial charge >= 0.3 is 0 Å². The minimum absolute atomic E-state index is 0.157. The topological polar surface area (TPSA) is 106 Å². The van der Waals surface area contributed by atoms with Crippen molar-refractivity contribution in [3.8, 4) is 11.3 Å². The van der Waals surface area contributed by atoms with Crippen molar-refractivity contribution in [1.29, 1.82) is 0 Å². The van der Waals surface area contributed by atoms with Crippen LogP contribution in [0.2, 0.25) is 0 Å². The van der Waals surface area contributed by atoms with Crippen LogP contribution in [0.3, 0.4) is 0 Å². The van der Waals surface area contributed by atoms with E-state index in [1.807, 2.05) is 32.1 Å². The molecule has 1 atom stereocenters. The number of nitrogens with one attached hydrogen (secondary N) is 2. The second-order valence-corrected chi connectivity index (χ2v) is 5.72. The first-order valence-electron chi connectivity index (χ1n) is 8.06. The van der Waals surface area contributed by atoms with Crippen molar-refractivity contribution in [3.63, 3.8) is 0 Å². The summed E-state index contributed by atoms with van der Waals surface area (Å²) < 4.78 is 0. The molecule has 0 amide bonds. The maximum absolute atomic E-state index is 11.9. The molecule has 0 spiro atoms. The van der Waals surface area contributed by atoms with E-state index in [1.165, 1.54) is 6.33 Å². The van der Waals surface area contributed by atoms with E-state index >= 15 is 0 Å². The summed E-state index contributed by atoms with van der Waals surface area (Å²) in [6, 6.07) is 5.18. The molecule has 128 valence electrons. The Hall–Kier alpha value is -3.22. The number of nitrogens with two attached hydrogens (primary N) is 1. The fourth-order valence-electron chi connectivity index (χ4n) is 2.57. The molecular formula is C18H20N6O. The van der Waals surface area contributed by atoms with Crippen molar-refractivity contribution >= 4 is 17.4 Å². The van der Waals surface area contributed by atoms with Crippen molar-refractivity contribution in [2.24, 2.45) is 0 Å². The Bertz CT molecular complexity index is 858. The van der Waals surface area contributed by atoms with Crippen LogP contribution < -0.4 is 16.4 Å². The number of nitrogen functional groups attached to an aromatic ring is 1. The van der Waals surface area contributed by atoms with Crippen molar-refractivity contribution in [2.75, 3.05) is 11.1 Å². The molecule has 0 saturated carbocycles. The van der Waals surface area contributed by atoms with Crippen molar-refractivity contribution in [2.45, 2.75) is 26.3 Å². The number of nitrogens with zero attached hydrogens (tertiary/aromatic N) is 3. The summed E-state index contributed by atoms with van der Waals surface area (Å²) in [7, 11) is 0. The molecule has 2 aromatic rings. The van der Waals surface area contributed by atoms with E-state index in [4.69, 9.17) is 5.73 Å². The third-order valence-corrected chi connectivity index (χ3v) is 3.97. The Balaban J connectivity index is 1.87. The molecule has 0 aromatic carbocycles. The van der Waals surface area contributed by atoms with Crippen LogP contribution in [0.4, 0.5) is 11.6 Å².